The van der Waals surface area contributed by atoms with Crippen LogP contribution in [0, 0.1) is 0 Å². The van der Waals surface area contributed by atoms with Crippen LogP contribution in [0.2, 0.25) is 0 Å². The van der Waals surface area contributed by atoms with Gasteiger partial charge in [0, 0.05) is 6.42 Å². The lowest BCUT2D eigenvalue weighted by molar-refractivity contribution is -0.379. The van der Waals surface area contributed by atoms with Crippen LogP contribution in [0.4, 0.5) is 0 Å². The smallest absolute Gasteiger partial charge is 0.220 e. The number of aliphatic hydroxyl groups is 11. The molecule has 0 radical (unpaired) electrons. The second-order valence-corrected chi connectivity index (χ2v) is 28.5. The number of carbonyl (C=O) groups excluding carboxylic acids is 1. The summed E-state index contributed by atoms with van der Waals surface area (Å²) in [5.74, 6) is -0.314. The van der Waals surface area contributed by atoms with Gasteiger partial charge in [0.15, 0.2) is 18.9 Å². The molecule has 17 atom stereocenters. The van der Waals surface area contributed by atoms with Crippen LogP contribution in [0.25, 0.3) is 0 Å². The van der Waals surface area contributed by atoms with Gasteiger partial charge in [0.1, 0.15) is 73.2 Å². The Labute approximate surface area is 649 Å². The number of unbranched alkanes of at least 4 members (excludes halogenated alkanes) is 21. The number of rotatable bonds is 63. The molecule has 1 amide bonds. The van der Waals surface area contributed by atoms with Crippen molar-refractivity contribution in [2.24, 2.45) is 0 Å². The molecule has 0 spiro atoms. The molecule has 0 bridgehead atoms. The maximum absolute atomic E-state index is 13.5. The third-order valence-electron chi connectivity index (χ3n) is 19.2. The molecule has 3 heterocycles. The van der Waals surface area contributed by atoms with Gasteiger partial charge < -0.3 is 89.9 Å². The number of amides is 1. The van der Waals surface area contributed by atoms with Gasteiger partial charge in [0.25, 0.3) is 0 Å². The topological polar surface area (TPSA) is 307 Å². The zero-order valence-electron chi connectivity index (χ0n) is 65.7. The number of hydrogen-bond acceptors (Lipinski definition) is 18. The molecule has 3 rings (SSSR count). The standard InChI is InChI=1S/C89H145NO18/c1-3-5-7-9-11-13-15-17-19-21-23-25-27-29-30-31-32-33-34-35-36-37-38-39-40-41-42-43-45-47-49-51-53-55-57-59-61-63-65-67-77(95)90-72(73(94)66-64-62-60-58-56-54-52-50-48-46-44-28-26-24-22-20-18-16-14-12-10-8-6-4-2)71-103-87-83(101)80(98)85(75(69-92)105-87)108-89-84(102)81(99)86(76(70-93)106-89)107-88-82(100)79(97)78(96)74(68-91)104-88/h5,7,11,13,17,19,23,25,29-30,32-33,35-36,38-39,41-42,45,47-48,50-51,53,56,58,64,66,72-76,78-89,91-94,96-102H,3-4,6,8-10,12,14-16,18,20-22,24,26-28,31,34,37,40,43-44,46,49,52,54-55,57,59-63,65,67-71H2,1-2H3,(H,90,95)/b7-5-,13-11-,19-17-,25-23-,30-29-,33-32-,36-35-,39-38-,42-41-,47-45-,50-48+,53-51-,58-56+,66-64+. The minimum atomic E-state index is -1.99. The number of allylic oxidation sites excluding steroid dienone is 27. The number of ether oxygens (including phenoxy) is 6. The van der Waals surface area contributed by atoms with Crippen LogP contribution < -0.4 is 5.32 Å². The average molecular weight is 1520 g/mol. The van der Waals surface area contributed by atoms with E-state index in [4.69, 9.17) is 28.4 Å². The Bertz CT molecular complexity index is 2620. The van der Waals surface area contributed by atoms with Gasteiger partial charge in [-0.05, 0) is 128 Å². The highest BCUT2D eigenvalue weighted by atomic mass is 16.8. The number of nitrogens with one attached hydrogen (secondary N) is 1. The molecule has 0 aromatic heterocycles. The minimum Gasteiger partial charge on any atom is -0.394 e. The fraction of sp³-hybridized carbons (Fsp3) is 0.674. The van der Waals surface area contributed by atoms with E-state index in [9.17, 15) is 61.0 Å². The largest absolute Gasteiger partial charge is 0.394 e. The zero-order valence-corrected chi connectivity index (χ0v) is 65.7. The van der Waals surface area contributed by atoms with Crippen molar-refractivity contribution in [3.8, 4) is 0 Å². The van der Waals surface area contributed by atoms with Crippen molar-refractivity contribution in [2.45, 2.75) is 356 Å². The Morgan fingerprint density at radius 3 is 1.04 bits per heavy atom. The van der Waals surface area contributed by atoms with Gasteiger partial charge in [0.2, 0.25) is 5.91 Å². The second-order valence-electron chi connectivity index (χ2n) is 28.5. The molecule has 614 valence electrons. The predicted octanol–water partition coefficient (Wildman–Crippen LogP) is 14.6. The molecule has 3 fully saturated rings. The highest BCUT2D eigenvalue weighted by Crippen LogP contribution is 2.33. The van der Waals surface area contributed by atoms with Gasteiger partial charge >= 0.3 is 0 Å². The monoisotopic (exact) mass is 1520 g/mol. The molecular formula is C89H145NO18. The summed E-state index contributed by atoms with van der Waals surface area (Å²) in [6.45, 7) is 1.58. The van der Waals surface area contributed by atoms with Crippen molar-refractivity contribution in [3.05, 3.63) is 170 Å². The summed E-state index contributed by atoms with van der Waals surface area (Å²) in [7, 11) is 0. The quantitative estimate of drug-likeness (QED) is 0.0199. The van der Waals surface area contributed by atoms with E-state index in [0.29, 0.717) is 12.8 Å². The van der Waals surface area contributed by atoms with Gasteiger partial charge in [-0.2, -0.15) is 0 Å². The van der Waals surface area contributed by atoms with E-state index in [2.05, 4.69) is 177 Å². The first-order valence-electron chi connectivity index (χ1n) is 41.4. The number of carbonyl (C=O) groups is 1. The molecule has 0 aromatic rings. The third kappa shape index (κ3) is 45.6. The highest BCUT2D eigenvalue weighted by Gasteiger charge is 2.54. The van der Waals surface area contributed by atoms with Crippen molar-refractivity contribution >= 4 is 5.91 Å². The molecular weight excluding hydrogens is 1370 g/mol. The van der Waals surface area contributed by atoms with Gasteiger partial charge in [-0.3, -0.25) is 4.79 Å². The summed E-state index contributed by atoms with van der Waals surface area (Å²) < 4.78 is 34.4. The van der Waals surface area contributed by atoms with Gasteiger partial charge in [-0.15, -0.1) is 0 Å². The summed E-state index contributed by atoms with van der Waals surface area (Å²) >= 11 is 0. The van der Waals surface area contributed by atoms with Gasteiger partial charge in [-0.25, -0.2) is 0 Å². The zero-order chi connectivity index (χ0) is 78.1. The molecule has 0 aliphatic carbocycles. The van der Waals surface area contributed by atoms with E-state index in [1.807, 2.05) is 6.08 Å². The molecule has 3 aliphatic heterocycles. The van der Waals surface area contributed by atoms with E-state index in [1.54, 1.807) is 6.08 Å². The third-order valence-corrected chi connectivity index (χ3v) is 19.2. The van der Waals surface area contributed by atoms with Crippen LogP contribution in [0.15, 0.2) is 170 Å². The first kappa shape index (κ1) is 97.3. The van der Waals surface area contributed by atoms with Gasteiger partial charge in [0.05, 0.1) is 38.6 Å². The van der Waals surface area contributed by atoms with Crippen molar-refractivity contribution in [3.63, 3.8) is 0 Å². The van der Waals surface area contributed by atoms with Crippen molar-refractivity contribution in [2.75, 3.05) is 26.4 Å². The minimum absolute atomic E-state index is 0.198. The Balaban J connectivity index is 1.39. The Hall–Kier alpha value is -4.85. The van der Waals surface area contributed by atoms with Crippen molar-refractivity contribution in [1.82, 2.24) is 5.32 Å². The molecule has 0 saturated carbocycles. The van der Waals surface area contributed by atoms with Crippen molar-refractivity contribution < 1.29 is 89.4 Å². The summed E-state index contributed by atoms with van der Waals surface area (Å²) in [5, 5.41) is 121. The number of hydrogen-bond donors (Lipinski definition) is 12. The molecule has 12 N–H and O–H groups in total. The fourth-order valence-electron chi connectivity index (χ4n) is 12.6. The van der Waals surface area contributed by atoms with E-state index in [0.717, 1.165) is 128 Å². The summed E-state index contributed by atoms with van der Waals surface area (Å²) in [6.07, 6.45) is 73.3. The van der Waals surface area contributed by atoms with E-state index in [1.165, 1.54) is 89.9 Å². The van der Waals surface area contributed by atoms with E-state index in [-0.39, 0.29) is 12.3 Å². The lowest BCUT2D eigenvalue weighted by Crippen LogP contribution is -2.66. The SMILES string of the molecule is CC/C=C\C/C=C\C/C=C\C/C=C\C/C=C\C/C=C\C/C=C\C/C=C\C/C=C\C/C=C\C/C=C\CCCCCCCC(=O)NC(COC1OC(CO)C(OC2OC(CO)C(OC3OC(CO)C(O)C(O)C3O)C(O)C2O)C(O)C1O)C(O)/C=C/CC/C=C/CC/C=C/CCCCCCCCCCCCCCCC. The lowest BCUT2D eigenvalue weighted by Gasteiger charge is -2.48. The average Bonchev–Trinajstić information content (AvgIpc) is 0.775. The van der Waals surface area contributed by atoms with E-state index < -0.39 is 131 Å². The molecule has 108 heavy (non-hydrogen) atoms. The lowest BCUT2D eigenvalue weighted by atomic mass is 9.96. The van der Waals surface area contributed by atoms with Crippen LogP contribution in [0.3, 0.4) is 0 Å². The molecule has 0 aromatic carbocycles. The number of aliphatic hydroxyl groups excluding tert-OH is 11. The first-order chi connectivity index (χ1) is 52.8. The molecule has 19 heteroatoms. The maximum Gasteiger partial charge on any atom is 0.220 e. The highest BCUT2D eigenvalue weighted by molar-refractivity contribution is 5.76. The molecule has 3 aliphatic rings. The predicted molar refractivity (Wildman–Crippen MR) is 433 cm³/mol. The van der Waals surface area contributed by atoms with Crippen LogP contribution >= 0.6 is 0 Å². The Morgan fingerprint density at radius 2 is 0.648 bits per heavy atom. The second kappa shape index (κ2) is 66.7. The normalized spacial score (nSPS) is 26.3. The van der Waals surface area contributed by atoms with Crippen LogP contribution in [-0.4, -0.2) is 193 Å². The van der Waals surface area contributed by atoms with Crippen LogP contribution in [0.5, 0.6) is 0 Å². The van der Waals surface area contributed by atoms with E-state index >= 15 is 0 Å². The Kier molecular flexibility index (Phi) is 60.1. The van der Waals surface area contributed by atoms with Gasteiger partial charge in [-0.1, -0.05) is 287 Å². The molecule has 3 saturated heterocycles. The first-order valence-corrected chi connectivity index (χ1v) is 41.4. The summed E-state index contributed by atoms with van der Waals surface area (Å²) in [6, 6.07) is -1.02. The summed E-state index contributed by atoms with van der Waals surface area (Å²) in [5.41, 5.74) is 0. The maximum atomic E-state index is 13.5. The Morgan fingerprint density at radius 1 is 0.343 bits per heavy atom. The molecule has 19 nitrogen and oxygen atoms in total. The van der Waals surface area contributed by atoms with Crippen LogP contribution in [0.1, 0.15) is 251 Å². The van der Waals surface area contributed by atoms with Crippen LogP contribution in [-0.2, 0) is 33.2 Å². The molecule has 17 unspecified atom stereocenters. The summed E-state index contributed by atoms with van der Waals surface area (Å²) in [4.78, 5) is 13.5. The fourth-order valence-corrected chi connectivity index (χ4v) is 12.6. The van der Waals surface area contributed by atoms with Crippen molar-refractivity contribution in [1.29, 1.82) is 0 Å².